The first-order valence-corrected chi connectivity index (χ1v) is 4.14. The summed E-state index contributed by atoms with van der Waals surface area (Å²) in [4.78, 5) is 14.1. The molecule has 0 saturated carbocycles. The molecule has 0 fully saturated rings. The van der Waals surface area contributed by atoms with E-state index in [9.17, 15) is 18.0 Å². The summed E-state index contributed by atoms with van der Waals surface area (Å²) >= 11 is 2.75. The first kappa shape index (κ1) is 11.0. The van der Waals surface area contributed by atoms with Gasteiger partial charge in [-0.3, -0.25) is 4.79 Å². The van der Waals surface area contributed by atoms with Crippen LogP contribution in [0, 0.1) is 0 Å². The first-order valence-electron chi connectivity index (χ1n) is 3.35. The number of amides is 1. The average Bonchev–Trinajstić information content (AvgIpc) is 2.01. The number of carbonyl (C=O) groups excluding carboxylic acids is 1. The highest BCUT2D eigenvalue weighted by atomic mass is 79.9. The predicted molar refractivity (Wildman–Crippen MR) is 45.5 cm³/mol. The van der Waals surface area contributed by atoms with Gasteiger partial charge in [-0.05, 0) is 28.1 Å². The van der Waals surface area contributed by atoms with E-state index < -0.39 is 23.3 Å². The smallest absolute Gasteiger partial charge is 0.364 e. The van der Waals surface area contributed by atoms with Gasteiger partial charge in [-0.15, -0.1) is 0 Å². The molecule has 2 N–H and O–H groups in total. The number of primary amides is 1. The van der Waals surface area contributed by atoms with Crippen LogP contribution in [0.25, 0.3) is 0 Å². The van der Waals surface area contributed by atoms with E-state index >= 15 is 0 Å². The quantitative estimate of drug-likeness (QED) is 0.792. The fraction of sp³-hybridized carbons (Fsp3) is 0.143. The molecule has 0 aliphatic rings. The van der Waals surface area contributed by atoms with Gasteiger partial charge in [0.1, 0.15) is 10.3 Å². The van der Waals surface area contributed by atoms with E-state index in [1.54, 1.807) is 0 Å². The second-order valence-electron chi connectivity index (χ2n) is 2.43. The zero-order chi connectivity index (χ0) is 10.9. The summed E-state index contributed by atoms with van der Waals surface area (Å²) in [5, 5.41) is 0. The zero-order valence-corrected chi connectivity index (χ0v) is 8.19. The molecule has 0 radical (unpaired) electrons. The number of nitrogens with two attached hydrogens (primary N) is 1. The van der Waals surface area contributed by atoms with Crippen LogP contribution in [0.15, 0.2) is 16.7 Å². The molecule has 1 aromatic heterocycles. The number of pyridine rings is 1. The zero-order valence-electron chi connectivity index (χ0n) is 6.60. The van der Waals surface area contributed by atoms with Gasteiger partial charge in [0.25, 0.3) is 5.91 Å². The summed E-state index contributed by atoms with van der Waals surface area (Å²) in [5.74, 6) is -1.00. The molecule has 7 heteroatoms. The number of rotatable bonds is 1. The molecule has 14 heavy (non-hydrogen) atoms. The van der Waals surface area contributed by atoms with Crippen molar-refractivity contribution in [1.82, 2.24) is 4.98 Å². The van der Waals surface area contributed by atoms with E-state index in [0.717, 1.165) is 6.07 Å². The number of hydrogen-bond donors (Lipinski definition) is 1. The highest BCUT2D eigenvalue weighted by Gasteiger charge is 2.31. The van der Waals surface area contributed by atoms with Gasteiger partial charge in [0.2, 0.25) is 0 Å². The third-order valence-electron chi connectivity index (χ3n) is 1.37. The summed E-state index contributed by atoms with van der Waals surface area (Å²) in [6, 6.07) is 1.37. The van der Waals surface area contributed by atoms with Gasteiger partial charge in [-0.1, -0.05) is 0 Å². The topological polar surface area (TPSA) is 56.0 Å². The Morgan fingerprint density at radius 3 is 2.43 bits per heavy atom. The molecule has 0 aromatic carbocycles. The van der Waals surface area contributed by atoms with Crippen molar-refractivity contribution in [2.45, 2.75) is 6.18 Å². The molecule has 1 heterocycles. The Morgan fingerprint density at radius 1 is 1.43 bits per heavy atom. The fourth-order valence-electron chi connectivity index (χ4n) is 0.787. The SMILES string of the molecule is NC(=O)c1cc(C(F)(F)F)cc(Br)n1. The van der Waals surface area contributed by atoms with Crippen molar-refractivity contribution in [3.8, 4) is 0 Å². The molecule has 0 bridgehead atoms. The Labute approximate surface area is 85.2 Å². The molecule has 0 spiro atoms. The molecule has 0 aliphatic carbocycles. The minimum atomic E-state index is -4.52. The van der Waals surface area contributed by atoms with Crippen molar-refractivity contribution in [2.24, 2.45) is 5.73 Å². The molecule has 0 unspecified atom stereocenters. The van der Waals surface area contributed by atoms with Gasteiger partial charge < -0.3 is 5.73 Å². The number of alkyl halides is 3. The van der Waals surface area contributed by atoms with E-state index in [2.05, 4.69) is 20.9 Å². The lowest BCUT2D eigenvalue weighted by Crippen LogP contribution is -2.15. The van der Waals surface area contributed by atoms with E-state index in [4.69, 9.17) is 5.73 Å². The molecule has 0 atom stereocenters. The predicted octanol–water partition coefficient (Wildman–Crippen LogP) is 1.96. The van der Waals surface area contributed by atoms with E-state index in [-0.39, 0.29) is 4.60 Å². The Balaban J connectivity index is 3.28. The van der Waals surface area contributed by atoms with Crippen LogP contribution in [0.4, 0.5) is 13.2 Å². The van der Waals surface area contributed by atoms with Gasteiger partial charge >= 0.3 is 6.18 Å². The Morgan fingerprint density at radius 2 is 2.00 bits per heavy atom. The standard InChI is InChI=1S/C7H4BrF3N2O/c8-5-2-3(7(9,10)11)1-4(13-5)6(12)14/h1-2H,(H2,12,14). The molecule has 1 aromatic rings. The lowest BCUT2D eigenvalue weighted by Gasteiger charge is -2.07. The second kappa shape index (κ2) is 3.56. The summed E-state index contributed by atoms with van der Waals surface area (Å²) in [7, 11) is 0. The third-order valence-corrected chi connectivity index (χ3v) is 1.78. The minimum Gasteiger partial charge on any atom is -0.364 e. The number of halogens is 4. The Bertz CT molecular complexity index is 378. The fourth-order valence-corrected chi connectivity index (χ4v) is 1.22. The van der Waals surface area contributed by atoms with Crippen molar-refractivity contribution in [1.29, 1.82) is 0 Å². The summed E-state index contributed by atoms with van der Waals surface area (Å²) in [6.07, 6.45) is -4.52. The van der Waals surface area contributed by atoms with Crippen molar-refractivity contribution in [3.63, 3.8) is 0 Å². The highest BCUT2D eigenvalue weighted by molar-refractivity contribution is 9.10. The lowest BCUT2D eigenvalue weighted by molar-refractivity contribution is -0.137. The van der Waals surface area contributed by atoms with Crippen LogP contribution in [-0.2, 0) is 6.18 Å². The first-order chi connectivity index (χ1) is 6.30. The molecule has 1 rings (SSSR count). The molecule has 0 aliphatic heterocycles. The number of nitrogens with zero attached hydrogens (tertiary/aromatic N) is 1. The normalized spacial score (nSPS) is 11.4. The van der Waals surface area contributed by atoms with Crippen LogP contribution in [0.2, 0.25) is 0 Å². The maximum atomic E-state index is 12.2. The van der Waals surface area contributed by atoms with Gasteiger partial charge in [-0.25, -0.2) is 4.98 Å². The van der Waals surface area contributed by atoms with Crippen molar-refractivity contribution < 1.29 is 18.0 Å². The molecular formula is C7H4BrF3N2O. The minimum absolute atomic E-state index is 0.0823. The van der Waals surface area contributed by atoms with E-state index in [0.29, 0.717) is 6.07 Å². The molecule has 76 valence electrons. The number of aromatic nitrogens is 1. The van der Waals surface area contributed by atoms with E-state index in [1.807, 2.05) is 0 Å². The van der Waals surface area contributed by atoms with E-state index in [1.165, 1.54) is 0 Å². The van der Waals surface area contributed by atoms with Crippen LogP contribution in [0.3, 0.4) is 0 Å². The third kappa shape index (κ3) is 2.44. The summed E-state index contributed by atoms with van der Waals surface area (Å²) < 4.78 is 36.5. The molecule has 0 saturated heterocycles. The Kier molecular flexibility index (Phi) is 2.79. The summed E-state index contributed by atoms with van der Waals surface area (Å²) in [5.41, 5.74) is 3.42. The maximum Gasteiger partial charge on any atom is 0.416 e. The summed E-state index contributed by atoms with van der Waals surface area (Å²) in [6.45, 7) is 0. The van der Waals surface area contributed by atoms with Crippen molar-refractivity contribution >= 4 is 21.8 Å². The molecular weight excluding hydrogens is 265 g/mol. The van der Waals surface area contributed by atoms with Gasteiger partial charge in [0.15, 0.2) is 0 Å². The number of carbonyl (C=O) groups is 1. The average molecular weight is 269 g/mol. The Hall–Kier alpha value is -1.11. The van der Waals surface area contributed by atoms with Crippen LogP contribution in [-0.4, -0.2) is 10.9 Å². The maximum absolute atomic E-state index is 12.2. The number of hydrogen-bond acceptors (Lipinski definition) is 2. The highest BCUT2D eigenvalue weighted by Crippen LogP contribution is 2.30. The lowest BCUT2D eigenvalue weighted by atomic mass is 10.2. The van der Waals surface area contributed by atoms with Crippen molar-refractivity contribution in [2.75, 3.05) is 0 Å². The van der Waals surface area contributed by atoms with Crippen LogP contribution >= 0.6 is 15.9 Å². The molecule has 3 nitrogen and oxygen atoms in total. The largest absolute Gasteiger partial charge is 0.416 e. The van der Waals surface area contributed by atoms with Gasteiger partial charge in [0, 0.05) is 0 Å². The molecule has 1 amide bonds. The second-order valence-corrected chi connectivity index (χ2v) is 3.24. The van der Waals surface area contributed by atoms with Gasteiger partial charge in [-0.2, -0.15) is 13.2 Å². The van der Waals surface area contributed by atoms with Crippen molar-refractivity contribution in [3.05, 3.63) is 28.0 Å². The van der Waals surface area contributed by atoms with Crippen LogP contribution in [0.1, 0.15) is 16.1 Å². The van der Waals surface area contributed by atoms with Gasteiger partial charge in [0.05, 0.1) is 5.56 Å². The van der Waals surface area contributed by atoms with Crippen LogP contribution < -0.4 is 5.73 Å². The van der Waals surface area contributed by atoms with Crippen LogP contribution in [0.5, 0.6) is 0 Å². The monoisotopic (exact) mass is 268 g/mol.